The minimum atomic E-state index is 0.443. The van der Waals surface area contributed by atoms with Crippen molar-refractivity contribution in [1.29, 1.82) is 0 Å². The molecule has 2 fully saturated rings. The lowest BCUT2D eigenvalue weighted by Gasteiger charge is -2.38. The Morgan fingerprint density at radius 2 is 2.00 bits per heavy atom. The van der Waals surface area contributed by atoms with Crippen LogP contribution in [0.5, 0.6) is 0 Å². The molecule has 0 aliphatic carbocycles. The number of likely N-dealkylation sites (tertiary alicyclic amines) is 1. The van der Waals surface area contributed by atoms with Gasteiger partial charge in [-0.2, -0.15) is 0 Å². The Bertz CT molecular complexity index is 199. The molecule has 0 radical (unpaired) electrons. The van der Waals surface area contributed by atoms with E-state index in [-0.39, 0.29) is 0 Å². The van der Waals surface area contributed by atoms with E-state index in [1.54, 1.807) is 0 Å². The monoisotopic (exact) mass is 196 g/mol. The third-order valence-corrected chi connectivity index (χ3v) is 3.51. The first kappa shape index (κ1) is 10.1. The zero-order valence-electron chi connectivity index (χ0n) is 8.96. The molecule has 2 heterocycles. The van der Waals surface area contributed by atoms with E-state index in [4.69, 9.17) is 0 Å². The maximum absolute atomic E-state index is 11.1. The summed E-state index contributed by atoms with van der Waals surface area (Å²) in [7, 11) is 0. The predicted molar refractivity (Wildman–Crippen MR) is 56.3 cm³/mol. The first-order valence-electron chi connectivity index (χ1n) is 5.75. The third kappa shape index (κ3) is 2.34. The second-order valence-corrected chi connectivity index (χ2v) is 4.62. The molecule has 0 aromatic heterocycles. The van der Waals surface area contributed by atoms with Gasteiger partial charge in [0.1, 0.15) is 5.78 Å². The lowest BCUT2D eigenvalue weighted by molar-refractivity contribution is -0.122. The molecule has 0 aromatic carbocycles. The van der Waals surface area contributed by atoms with Crippen LogP contribution in [0.25, 0.3) is 0 Å². The summed E-state index contributed by atoms with van der Waals surface area (Å²) in [5.41, 5.74) is 0. The van der Waals surface area contributed by atoms with E-state index in [1.807, 2.05) is 0 Å². The molecule has 2 aliphatic rings. The Morgan fingerprint density at radius 1 is 1.29 bits per heavy atom. The van der Waals surface area contributed by atoms with Crippen molar-refractivity contribution in [3.8, 4) is 0 Å². The topological polar surface area (TPSA) is 32.3 Å². The second-order valence-electron chi connectivity index (χ2n) is 4.62. The summed E-state index contributed by atoms with van der Waals surface area (Å²) in [6, 6.07) is 1.36. The average molecular weight is 196 g/mol. The van der Waals surface area contributed by atoms with Crippen molar-refractivity contribution in [2.45, 2.75) is 44.7 Å². The van der Waals surface area contributed by atoms with Crippen molar-refractivity contribution in [3.05, 3.63) is 0 Å². The summed E-state index contributed by atoms with van der Waals surface area (Å²) in [6.45, 7) is 5.32. The van der Waals surface area contributed by atoms with Gasteiger partial charge in [0.2, 0.25) is 0 Å². The Labute approximate surface area is 85.8 Å². The van der Waals surface area contributed by atoms with Crippen molar-refractivity contribution in [2.75, 3.05) is 19.6 Å². The van der Waals surface area contributed by atoms with Crippen LogP contribution in [0, 0.1) is 0 Å². The van der Waals surface area contributed by atoms with Gasteiger partial charge in [-0.25, -0.2) is 0 Å². The van der Waals surface area contributed by atoms with Gasteiger partial charge in [-0.1, -0.05) is 0 Å². The van der Waals surface area contributed by atoms with Crippen LogP contribution in [0.1, 0.15) is 32.6 Å². The van der Waals surface area contributed by atoms with Crippen LogP contribution in [0.4, 0.5) is 0 Å². The lowest BCUT2D eigenvalue weighted by Crippen LogP contribution is -2.51. The number of hydrogen-bond acceptors (Lipinski definition) is 3. The number of piperidine rings is 2. The van der Waals surface area contributed by atoms with Gasteiger partial charge < -0.3 is 5.32 Å². The largest absolute Gasteiger partial charge is 0.313 e. The molecule has 2 aliphatic heterocycles. The van der Waals surface area contributed by atoms with Gasteiger partial charge >= 0.3 is 0 Å². The zero-order valence-corrected chi connectivity index (χ0v) is 8.96. The minimum absolute atomic E-state index is 0.443. The van der Waals surface area contributed by atoms with E-state index >= 15 is 0 Å². The molecule has 0 aromatic rings. The van der Waals surface area contributed by atoms with Crippen LogP contribution in [-0.2, 0) is 4.79 Å². The Balaban J connectivity index is 1.81. The molecular formula is C11H20N2O. The number of ketones is 1. The first-order valence-corrected chi connectivity index (χ1v) is 5.75. The van der Waals surface area contributed by atoms with Crippen molar-refractivity contribution < 1.29 is 4.79 Å². The molecule has 3 nitrogen and oxygen atoms in total. The molecule has 0 bridgehead atoms. The molecule has 2 saturated heterocycles. The number of carbonyl (C=O) groups excluding carboxylic acids is 1. The van der Waals surface area contributed by atoms with Crippen molar-refractivity contribution in [2.24, 2.45) is 0 Å². The maximum Gasteiger partial charge on any atom is 0.135 e. The summed E-state index contributed by atoms with van der Waals surface area (Å²) in [5, 5.41) is 3.51. The van der Waals surface area contributed by atoms with Crippen LogP contribution in [0.2, 0.25) is 0 Å². The molecule has 14 heavy (non-hydrogen) atoms. The van der Waals surface area contributed by atoms with E-state index in [2.05, 4.69) is 17.1 Å². The molecule has 2 rings (SSSR count). The Kier molecular flexibility index (Phi) is 3.19. The lowest BCUT2D eigenvalue weighted by atomic mass is 9.98. The molecule has 3 heteroatoms. The summed E-state index contributed by atoms with van der Waals surface area (Å²) in [6.07, 6.45) is 4.11. The zero-order chi connectivity index (χ0) is 9.97. The van der Waals surface area contributed by atoms with Gasteiger partial charge in [0.15, 0.2) is 0 Å². The predicted octanol–water partition coefficient (Wildman–Crippen LogP) is 0.792. The van der Waals surface area contributed by atoms with Crippen molar-refractivity contribution in [1.82, 2.24) is 10.2 Å². The van der Waals surface area contributed by atoms with Crippen LogP contribution >= 0.6 is 0 Å². The van der Waals surface area contributed by atoms with Crippen LogP contribution in [0.3, 0.4) is 0 Å². The quantitative estimate of drug-likeness (QED) is 0.673. The highest BCUT2D eigenvalue weighted by molar-refractivity contribution is 5.79. The SMILES string of the molecule is CC1CCC(N2CCC(=O)CC2)CN1. The number of Topliss-reactive ketones (excluding diaryl/α,β-unsaturated/α-hetero) is 1. The molecule has 2 atom stereocenters. The third-order valence-electron chi connectivity index (χ3n) is 3.51. The fourth-order valence-corrected chi connectivity index (χ4v) is 2.43. The average Bonchev–Trinajstić information content (AvgIpc) is 2.21. The Morgan fingerprint density at radius 3 is 2.57 bits per heavy atom. The molecule has 0 spiro atoms. The van der Waals surface area contributed by atoms with Gasteiger partial charge in [-0.15, -0.1) is 0 Å². The maximum atomic E-state index is 11.1. The van der Waals surface area contributed by atoms with E-state index in [0.717, 1.165) is 32.5 Å². The highest BCUT2D eigenvalue weighted by Gasteiger charge is 2.26. The highest BCUT2D eigenvalue weighted by Crippen LogP contribution is 2.17. The van der Waals surface area contributed by atoms with Crippen molar-refractivity contribution >= 4 is 5.78 Å². The number of rotatable bonds is 1. The summed E-state index contributed by atoms with van der Waals surface area (Å²) in [5.74, 6) is 0.443. The van der Waals surface area contributed by atoms with E-state index < -0.39 is 0 Å². The number of nitrogens with zero attached hydrogens (tertiary/aromatic N) is 1. The molecular weight excluding hydrogens is 176 g/mol. The van der Waals surface area contributed by atoms with Crippen LogP contribution in [-0.4, -0.2) is 42.4 Å². The van der Waals surface area contributed by atoms with E-state index in [0.29, 0.717) is 17.9 Å². The fourth-order valence-electron chi connectivity index (χ4n) is 2.43. The first-order chi connectivity index (χ1) is 6.75. The van der Waals surface area contributed by atoms with Crippen LogP contribution in [0.15, 0.2) is 0 Å². The van der Waals surface area contributed by atoms with Gasteiger partial charge in [0.05, 0.1) is 0 Å². The summed E-state index contributed by atoms with van der Waals surface area (Å²) in [4.78, 5) is 13.6. The smallest absolute Gasteiger partial charge is 0.135 e. The van der Waals surface area contributed by atoms with Crippen molar-refractivity contribution in [3.63, 3.8) is 0 Å². The normalized spacial score (nSPS) is 35.9. The number of hydrogen-bond donors (Lipinski definition) is 1. The standard InChI is InChI=1S/C11H20N2O/c1-9-2-3-10(8-12-9)13-6-4-11(14)5-7-13/h9-10,12H,2-8H2,1H3. The van der Waals surface area contributed by atoms with E-state index in [9.17, 15) is 4.79 Å². The summed E-state index contributed by atoms with van der Waals surface area (Å²) >= 11 is 0. The molecule has 0 amide bonds. The number of nitrogens with one attached hydrogen (secondary N) is 1. The van der Waals surface area contributed by atoms with Crippen LogP contribution < -0.4 is 5.32 Å². The fraction of sp³-hybridized carbons (Fsp3) is 0.909. The van der Waals surface area contributed by atoms with Gasteiger partial charge in [-0.3, -0.25) is 9.69 Å². The second kappa shape index (κ2) is 4.41. The van der Waals surface area contributed by atoms with E-state index in [1.165, 1.54) is 12.8 Å². The highest BCUT2D eigenvalue weighted by atomic mass is 16.1. The molecule has 80 valence electrons. The molecule has 1 N–H and O–H groups in total. The minimum Gasteiger partial charge on any atom is -0.313 e. The van der Waals surface area contributed by atoms with Gasteiger partial charge in [0, 0.05) is 44.6 Å². The Hall–Kier alpha value is -0.410. The van der Waals surface area contributed by atoms with Gasteiger partial charge in [-0.05, 0) is 19.8 Å². The molecule has 2 unspecified atom stereocenters. The molecule has 0 saturated carbocycles. The number of carbonyl (C=O) groups is 1. The van der Waals surface area contributed by atoms with Gasteiger partial charge in [0.25, 0.3) is 0 Å². The summed E-state index contributed by atoms with van der Waals surface area (Å²) < 4.78 is 0.